The maximum Gasteiger partial charge on any atom is 0.414 e. The molecule has 0 atom stereocenters. The van der Waals surface area contributed by atoms with E-state index in [0.717, 1.165) is 4.90 Å². The first-order valence-corrected chi connectivity index (χ1v) is 6.00. The molecular formula is C13H18N2O5. The summed E-state index contributed by atoms with van der Waals surface area (Å²) in [6.45, 7) is 4.85. The van der Waals surface area contributed by atoms with Crippen molar-refractivity contribution in [3.63, 3.8) is 0 Å². The number of carbonyl (C=O) groups is 1. The van der Waals surface area contributed by atoms with E-state index in [1.165, 1.54) is 25.2 Å². The molecule has 0 saturated carbocycles. The minimum Gasteiger partial charge on any atom is -0.443 e. The topological polar surface area (TPSA) is 92.9 Å². The highest BCUT2D eigenvalue weighted by atomic mass is 16.6. The Bertz CT molecular complexity index is 522. The fourth-order valence-electron chi connectivity index (χ4n) is 1.52. The van der Waals surface area contributed by atoms with Gasteiger partial charge in [0.2, 0.25) is 0 Å². The van der Waals surface area contributed by atoms with Gasteiger partial charge in [0.05, 0.1) is 11.5 Å². The van der Waals surface area contributed by atoms with Gasteiger partial charge in [-0.15, -0.1) is 0 Å². The van der Waals surface area contributed by atoms with Crippen molar-refractivity contribution in [1.29, 1.82) is 0 Å². The fourth-order valence-corrected chi connectivity index (χ4v) is 1.52. The first-order chi connectivity index (χ1) is 9.15. The third-order valence-corrected chi connectivity index (χ3v) is 2.45. The van der Waals surface area contributed by atoms with Crippen LogP contribution in [0.2, 0.25) is 0 Å². The summed E-state index contributed by atoms with van der Waals surface area (Å²) in [4.78, 5) is 23.4. The van der Waals surface area contributed by atoms with Crippen LogP contribution in [0.15, 0.2) is 18.2 Å². The van der Waals surface area contributed by atoms with Crippen molar-refractivity contribution < 1.29 is 19.6 Å². The van der Waals surface area contributed by atoms with Crippen LogP contribution in [0.5, 0.6) is 0 Å². The van der Waals surface area contributed by atoms with Crippen LogP contribution in [0, 0.1) is 10.1 Å². The number of anilines is 1. The Labute approximate surface area is 116 Å². The Kier molecular flexibility index (Phi) is 4.67. The quantitative estimate of drug-likeness (QED) is 0.679. The van der Waals surface area contributed by atoms with E-state index in [2.05, 4.69) is 0 Å². The number of rotatable bonds is 3. The van der Waals surface area contributed by atoms with Crippen molar-refractivity contribution in [3.05, 3.63) is 33.9 Å². The van der Waals surface area contributed by atoms with Crippen molar-refractivity contribution in [1.82, 2.24) is 0 Å². The van der Waals surface area contributed by atoms with E-state index in [1.807, 2.05) is 0 Å². The number of aliphatic hydroxyl groups is 1. The molecule has 110 valence electrons. The number of aliphatic hydroxyl groups excluding tert-OH is 1. The van der Waals surface area contributed by atoms with Crippen molar-refractivity contribution in [2.75, 3.05) is 11.9 Å². The first kappa shape index (κ1) is 15.9. The van der Waals surface area contributed by atoms with Gasteiger partial charge < -0.3 is 9.84 Å². The summed E-state index contributed by atoms with van der Waals surface area (Å²) in [7, 11) is 1.39. The Balaban J connectivity index is 3.15. The van der Waals surface area contributed by atoms with Crippen LogP contribution in [-0.2, 0) is 11.3 Å². The van der Waals surface area contributed by atoms with Gasteiger partial charge in [0.25, 0.3) is 5.69 Å². The molecule has 20 heavy (non-hydrogen) atoms. The smallest absolute Gasteiger partial charge is 0.414 e. The zero-order chi connectivity index (χ0) is 15.5. The molecule has 1 rings (SSSR count). The Morgan fingerprint density at radius 3 is 2.50 bits per heavy atom. The number of amides is 1. The molecule has 1 aromatic rings. The Morgan fingerprint density at radius 1 is 1.45 bits per heavy atom. The lowest BCUT2D eigenvalue weighted by Crippen LogP contribution is -2.34. The SMILES string of the molecule is CN(C(=O)OC(C)(C)C)c1cc(CO)ccc1[N+](=O)[O-]. The largest absolute Gasteiger partial charge is 0.443 e. The molecule has 0 aliphatic carbocycles. The van der Waals surface area contributed by atoms with Gasteiger partial charge in [-0.2, -0.15) is 0 Å². The molecular weight excluding hydrogens is 264 g/mol. The Hall–Kier alpha value is -2.15. The van der Waals surface area contributed by atoms with Gasteiger partial charge in [0.15, 0.2) is 0 Å². The number of nitro groups is 1. The fraction of sp³-hybridized carbons (Fsp3) is 0.462. The molecule has 1 amide bonds. The molecule has 7 nitrogen and oxygen atoms in total. The molecule has 0 aromatic heterocycles. The lowest BCUT2D eigenvalue weighted by molar-refractivity contribution is -0.384. The van der Waals surface area contributed by atoms with E-state index in [9.17, 15) is 14.9 Å². The molecule has 0 bridgehead atoms. The van der Waals surface area contributed by atoms with E-state index in [-0.39, 0.29) is 18.0 Å². The summed E-state index contributed by atoms with van der Waals surface area (Å²) in [5.74, 6) is 0. The van der Waals surface area contributed by atoms with E-state index >= 15 is 0 Å². The van der Waals surface area contributed by atoms with E-state index in [0.29, 0.717) is 5.56 Å². The standard InChI is InChI=1S/C13H18N2O5/c1-13(2,3)20-12(17)14(4)11-7-9(8-16)5-6-10(11)15(18)19/h5-7,16H,8H2,1-4H3. The number of hydrogen-bond donors (Lipinski definition) is 1. The van der Waals surface area contributed by atoms with Crippen LogP contribution in [-0.4, -0.2) is 28.8 Å². The van der Waals surface area contributed by atoms with E-state index < -0.39 is 16.6 Å². The lowest BCUT2D eigenvalue weighted by Gasteiger charge is -2.24. The van der Waals surface area contributed by atoms with Gasteiger partial charge in [0.1, 0.15) is 11.3 Å². The molecule has 7 heteroatoms. The van der Waals surface area contributed by atoms with Gasteiger partial charge in [0, 0.05) is 13.1 Å². The van der Waals surface area contributed by atoms with Crippen molar-refractivity contribution in [2.45, 2.75) is 33.0 Å². The summed E-state index contributed by atoms with van der Waals surface area (Å²) in [6, 6.07) is 4.08. The van der Waals surface area contributed by atoms with Crippen molar-refractivity contribution >= 4 is 17.5 Å². The van der Waals surface area contributed by atoms with Crippen LogP contribution >= 0.6 is 0 Å². The zero-order valence-electron chi connectivity index (χ0n) is 11.9. The highest BCUT2D eigenvalue weighted by molar-refractivity contribution is 5.90. The van der Waals surface area contributed by atoms with E-state index in [1.54, 1.807) is 20.8 Å². The highest BCUT2D eigenvalue weighted by Gasteiger charge is 2.26. The molecule has 0 spiro atoms. The third kappa shape index (κ3) is 3.92. The minimum atomic E-state index is -0.700. The van der Waals surface area contributed by atoms with Crippen LogP contribution < -0.4 is 4.90 Å². The predicted octanol–water partition coefficient (Wildman–Crippen LogP) is 2.46. The number of carbonyl (C=O) groups excluding carboxylic acids is 1. The van der Waals surface area contributed by atoms with Crippen molar-refractivity contribution in [2.24, 2.45) is 0 Å². The highest BCUT2D eigenvalue weighted by Crippen LogP contribution is 2.29. The second-order valence-corrected chi connectivity index (χ2v) is 5.28. The Morgan fingerprint density at radius 2 is 2.05 bits per heavy atom. The van der Waals surface area contributed by atoms with Gasteiger partial charge in [-0.3, -0.25) is 15.0 Å². The molecule has 0 aliphatic heterocycles. The molecule has 0 aliphatic rings. The number of hydrogen-bond acceptors (Lipinski definition) is 5. The lowest BCUT2D eigenvalue weighted by atomic mass is 10.1. The molecule has 0 unspecified atom stereocenters. The summed E-state index contributed by atoms with van der Waals surface area (Å²) >= 11 is 0. The van der Waals surface area contributed by atoms with Crippen molar-refractivity contribution in [3.8, 4) is 0 Å². The molecule has 1 aromatic carbocycles. The monoisotopic (exact) mass is 282 g/mol. The number of nitrogens with zero attached hydrogens (tertiary/aromatic N) is 2. The van der Waals surface area contributed by atoms with Gasteiger partial charge in [-0.05, 0) is 38.5 Å². The third-order valence-electron chi connectivity index (χ3n) is 2.45. The molecule has 0 saturated heterocycles. The summed E-state index contributed by atoms with van der Waals surface area (Å²) in [6.07, 6.45) is -0.698. The second-order valence-electron chi connectivity index (χ2n) is 5.28. The minimum absolute atomic E-state index is 0.0794. The van der Waals surface area contributed by atoms with Gasteiger partial charge in [-0.25, -0.2) is 4.79 Å². The summed E-state index contributed by atoms with van der Waals surface area (Å²) in [5.41, 5.74) is -0.373. The van der Waals surface area contributed by atoms with Crippen LogP contribution in [0.25, 0.3) is 0 Å². The first-order valence-electron chi connectivity index (χ1n) is 6.00. The summed E-state index contributed by atoms with van der Waals surface area (Å²) in [5, 5.41) is 20.1. The number of ether oxygens (including phenoxy) is 1. The molecule has 0 fully saturated rings. The average molecular weight is 282 g/mol. The average Bonchev–Trinajstić information content (AvgIpc) is 2.34. The van der Waals surface area contributed by atoms with Crippen LogP contribution in [0.1, 0.15) is 26.3 Å². The number of benzene rings is 1. The predicted molar refractivity (Wildman–Crippen MR) is 73.7 cm³/mol. The summed E-state index contributed by atoms with van der Waals surface area (Å²) < 4.78 is 5.16. The molecule has 0 radical (unpaired) electrons. The maximum atomic E-state index is 12.0. The van der Waals surface area contributed by atoms with Crippen LogP contribution in [0.3, 0.4) is 0 Å². The maximum absolute atomic E-state index is 12.0. The molecule has 0 heterocycles. The van der Waals surface area contributed by atoms with Crippen LogP contribution in [0.4, 0.5) is 16.2 Å². The molecule has 1 N–H and O–H groups in total. The van der Waals surface area contributed by atoms with Gasteiger partial charge in [-0.1, -0.05) is 0 Å². The second kappa shape index (κ2) is 5.87. The van der Waals surface area contributed by atoms with E-state index in [4.69, 9.17) is 9.84 Å². The normalized spacial score (nSPS) is 11.1. The zero-order valence-corrected chi connectivity index (χ0v) is 11.9. The van der Waals surface area contributed by atoms with Gasteiger partial charge >= 0.3 is 6.09 Å². The number of nitro benzene ring substituents is 1.